The number of hydrogen-bond donors (Lipinski definition) is 1. The van der Waals surface area contributed by atoms with Gasteiger partial charge >= 0.3 is 0 Å². The van der Waals surface area contributed by atoms with Crippen molar-refractivity contribution in [3.05, 3.63) is 60.1 Å². The van der Waals surface area contributed by atoms with Crippen LogP contribution in [0.15, 0.2) is 51.8 Å². The average Bonchev–Trinajstić information content (AvgIpc) is 3.15. The van der Waals surface area contributed by atoms with Crippen molar-refractivity contribution in [2.75, 3.05) is 0 Å². The fourth-order valence-electron chi connectivity index (χ4n) is 1.74. The van der Waals surface area contributed by atoms with E-state index in [1.807, 2.05) is 36.4 Å². The van der Waals surface area contributed by atoms with Gasteiger partial charge in [0.25, 0.3) is 11.1 Å². The second-order valence-electron chi connectivity index (χ2n) is 4.77. The Morgan fingerprint density at radius 3 is 2.32 bits per heavy atom. The van der Waals surface area contributed by atoms with Gasteiger partial charge in [-0.3, -0.25) is 14.9 Å². The summed E-state index contributed by atoms with van der Waals surface area (Å²) < 4.78 is 5.63. The maximum absolute atomic E-state index is 11.4. The van der Waals surface area contributed by atoms with Crippen LogP contribution >= 0.6 is 11.8 Å². The molecule has 1 radical (unpaired) electrons. The molecular weight excluding hydrogens is 411 g/mol. The van der Waals surface area contributed by atoms with Crippen LogP contribution in [0.2, 0.25) is 0 Å². The van der Waals surface area contributed by atoms with Gasteiger partial charge in [0.05, 0.1) is 4.91 Å². The number of hydrogen-bond acceptors (Lipinski definition) is 4. The minimum absolute atomic E-state index is 0. The van der Waals surface area contributed by atoms with Crippen molar-refractivity contribution >= 4 is 29.0 Å². The van der Waals surface area contributed by atoms with E-state index in [0.717, 1.165) is 29.5 Å². The number of thioether (sulfide) groups is 1. The molecule has 0 atom stereocenters. The SMILES string of the molecule is C.O=C1NC(=O)/C(=C/c2ccc(-c3ccccc3)o2)S1.[CH2-]CCC.[Y]. The zero-order chi connectivity index (χ0) is 16.7. The molecule has 1 aromatic carbocycles. The summed E-state index contributed by atoms with van der Waals surface area (Å²) in [6, 6.07) is 13.3. The Bertz CT molecular complexity index is 708. The third kappa shape index (κ3) is 7.31. The van der Waals surface area contributed by atoms with Gasteiger partial charge in [0, 0.05) is 44.3 Å². The maximum atomic E-state index is 11.4. The number of unbranched alkanes of at least 4 members (excludes halogenated alkanes) is 1. The van der Waals surface area contributed by atoms with Crippen LogP contribution in [0.1, 0.15) is 33.0 Å². The molecule has 0 spiro atoms. The number of carbonyl (C=O) groups excluding carboxylic acids is 2. The summed E-state index contributed by atoms with van der Waals surface area (Å²) in [6.07, 6.45) is 3.84. The molecular formula is C19H22NO3SY-. The van der Waals surface area contributed by atoms with Gasteiger partial charge in [-0.2, -0.15) is 6.42 Å². The summed E-state index contributed by atoms with van der Waals surface area (Å²) in [4.78, 5) is 22.8. The van der Waals surface area contributed by atoms with E-state index in [2.05, 4.69) is 19.2 Å². The fraction of sp³-hybridized carbons (Fsp3) is 0.211. The quantitative estimate of drug-likeness (QED) is 0.511. The van der Waals surface area contributed by atoms with Gasteiger partial charge in [0.2, 0.25) is 0 Å². The zero-order valence-electron chi connectivity index (χ0n) is 13.5. The first kappa shape index (κ1) is 23.8. The Kier molecular flexibility index (Phi) is 11.7. The van der Waals surface area contributed by atoms with E-state index in [1.54, 1.807) is 12.1 Å². The second kappa shape index (κ2) is 12.2. The number of nitrogens with one attached hydrogen (secondary N) is 1. The van der Waals surface area contributed by atoms with Gasteiger partial charge in [-0.15, -0.1) is 0 Å². The smallest absolute Gasteiger partial charge is 0.290 e. The van der Waals surface area contributed by atoms with E-state index >= 15 is 0 Å². The molecule has 0 bridgehead atoms. The molecule has 2 heterocycles. The molecule has 131 valence electrons. The molecule has 1 aromatic heterocycles. The Hall–Kier alpha value is -1.17. The Labute approximate surface area is 178 Å². The van der Waals surface area contributed by atoms with Crippen LogP contribution in [0.5, 0.6) is 0 Å². The van der Waals surface area contributed by atoms with E-state index in [-0.39, 0.29) is 51.3 Å². The summed E-state index contributed by atoms with van der Waals surface area (Å²) in [5, 5.41) is 1.85. The predicted octanol–water partition coefficient (Wildman–Crippen LogP) is 5.52. The Balaban J connectivity index is 0.000000874. The third-order valence-electron chi connectivity index (χ3n) is 2.95. The molecule has 1 fully saturated rings. The van der Waals surface area contributed by atoms with E-state index < -0.39 is 0 Å². The van der Waals surface area contributed by atoms with Crippen molar-refractivity contribution in [2.24, 2.45) is 0 Å². The van der Waals surface area contributed by atoms with Crippen LogP contribution < -0.4 is 5.32 Å². The molecule has 1 N–H and O–H groups in total. The van der Waals surface area contributed by atoms with Crippen LogP contribution in [0, 0.1) is 6.92 Å². The first-order valence-corrected chi connectivity index (χ1v) is 8.15. The van der Waals surface area contributed by atoms with E-state index in [4.69, 9.17) is 4.42 Å². The van der Waals surface area contributed by atoms with Crippen LogP contribution in [0.25, 0.3) is 17.4 Å². The van der Waals surface area contributed by atoms with Crippen LogP contribution in [-0.2, 0) is 37.5 Å². The molecule has 2 aromatic rings. The number of furan rings is 1. The van der Waals surface area contributed by atoms with Crippen molar-refractivity contribution in [3.8, 4) is 11.3 Å². The van der Waals surface area contributed by atoms with Crippen molar-refractivity contribution in [3.63, 3.8) is 0 Å². The van der Waals surface area contributed by atoms with Gasteiger partial charge in [0.15, 0.2) is 0 Å². The van der Waals surface area contributed by atoms with Crippen LogP contribution in [-0.4, -0.2) is 11.1 Å². The van der Waals surface area contributed by atoms with Crippen LogP contribution in [0.4, 0.5) is 4.79 Å². The van der Waals surface area contributed by atoms with Crippen molar-refractivity contribution in [1.29, 1.82) is 0 Å². The molecule has 0 aliphatic carbocycles. The van der Waals surface area contributed by atoms with E-state index in [0.29, 0.717) is 10.7 Å². The summed E-state index contributed by atoms with van der Waals surface area (Å²) in [6.45, 7) is 5.72. The number of benzene rings is 1. The molecule has 1 aliphatic rings. The van der Waals surface area contributed by atoms with Gasteiger partial charge in [-0.05, 0) is 23.9 Å². The van der Waals surface area contributed by atoms with E-state index in [1.165, 1.54) is 6.42 Å². The molecule has 4 nitrogen and oxygen atoms in total. The minimum Gasteiger partial charge on any atom is -0.457 e. The molecule has 25 heavy (non-hydrogen) atoms. The molecule has 6 heteroatoms. The number of amides is 2. The first-order chi connectivity index (χ1) is 11.1. The molecule has 1 saturated heterocycles. The van der Waals surface area contributed by atoms with Gasteiger partial charge in [-0.25, -0.2) is 0 Å². The zero-order valence-corrected chi connectivity index (χ0v) is 17.1. The summed E-state index contributed by atoms with van der Waals surface area (Å²) in [5.41, 5.74) is 0.965. The van der Waals surface area contributed by atoms with Gasteiger partial charge < -0.3 is 11.3 Å². The average molecular weight is 433 g/mol. The maximum Gasteiger partial charge on any atom is 0.290 e. The molecule has 2 amide bonds. The van der Waals surface area contributed by atoms with Crippen LogP contribution in [0.3, 0.4) is 0 Å². The third-order valence-corrected chi connectivity index (χ3v) is 3.76. The van der Waals surface area contributed by atoms with Crippen molar-refractivity contribution in [1.82, 2.24) is 5.32 Å². The molecule has 0 unspecified atom stereocenters. The predicted molar refractivity (Wildman–Crippen MR) is 100 cm³/mol. The molecule has 0 saturated carbocycles. The minimum atomic E-state index is -0.382. The first-order valence-electron chi connectivity index (χ1n) is 7.33. The molecule has 3 rings (SSSR count). The van der Waals surface area contributed by atoms with Gasteiger partial charge in [0.1, 0.15) is 11.5 Å². The molecule has 1 aliphatic heterocycles. The fourth-order valence-corrected chi connectivity index (χ4v) is 2.40. The topological polar surface area (TPSA) is 59.3 Å². The second-order valence-corrected chi connectivity index (χ2v) is 5.79. The largest absolute Gasteiger partial charge is 0.457 e. The van der Waals surface area contributed by atoms with E-state index in [9.17, 15) is 9.59 Å². The monoisotopic (exact) mass is 433 g/mol. The van der Waals surface area contributed by atoms with Crippen molar-refractivity contribution < 1.29 is 46.7 Å². The Morgan fingerprint density at radius 1 is 1.16 bits per heavy atom. The van der Waals surface area contributed by atoms with Gasteiger partial charge in [-0.1, -0.05) is 51.1 Å². The summed E-state index contributed by atoms with van der Waals surface area (Å²) in [5.74, 6) is 0.890. The summed E-state index contributed by atoms with van der Waals surface area (Å²) in [7, 11) is 0. The van der Waals surface area contributed by atoms with Crippen molar-refractivity contribution in [2.45, 2.75) is 27.2 Å². The number of carbonyl (C=O) groups is 2. The number of imide groups is 1. The normalized spacial score (nSPS) is 14.1. The standard InChI is InChI=1S/C14H9NO3S.C4H9.CH4.Y/c16-13-12(19-14(17)15-13)8-10-6-7-11(18-10)9-4-2-1-3-5-9;1-3-4-2;;/h1-8H,(H,15,16,17);1,3-4H2,2H3;1H4;/q;-1;;/b12-8-;;;. The number of rotatable bonds is 3. The summed E-state index contributed by atoms with van der Waals surface area (Å²) >= 11 is 0.875. The Morgan fingerprint density at radius 2 is 1.80 bits per heavy atom.